The molecule has 0 radical (unpaired) electrons. The Balaban J connectivity index is 2.46. The van der Waals surface area contributed by atoms with Crippen LogP contribution in [0.3, 0.4) is 0 Å². The molecule has 2 aromatic carbocycles. The first-order chi connectivity index (χ1) is 9.83. The summed E-state index contributed by atoms with van der Waals surface area (Å²) in [5.41, 5.74) is 7.40. The van der Waals surface area contributed by atoms with Gasteiger partial charge < -0.3 is 10.5 Å². The summed E-state index contributed by atoms with van der Waals surface area (Å²) in [5, 5.41) is 0. The Morgan fingerprint density at radius 1 is 1.19 bits per heavy atom. The maximum Gasteiger partial charge on any atom is 0.265 e. The topological polar surface area (TPSA) is 81.4 Å². The lowest BCUT2D eigenvalue weighted by Crippen LogP contribution is -2.15. The van der Waals surface area contributed by atoms with Crippen LogP contribution >= 0.6 is 15.9 Å². The van der Waals surface area contributed by atoms with Crippen molar-refractivity contribution in [3.63, 3.8) is 0 Å². The van der Waals surface area contributed by atoms with Crippen LogP contribution in [0.1, 0.15) is 5.56 Å². The smallest absolute Gasteiger partial charge is 0.265 e. The Morgan fingerprint density at radius 2 is 1.90 bits per heavy atom. The van der Waals surface area contributed by atoms with E-state index in [2.05, 4.69) is 20.7 Å². The van der Waals surface area contributed by atoms with Crippen molar-refractivity contribution in [2.24, 2.45) is 0 Å². The van der Waals surface area contributed by atoms with Crippen molar-refractivity contribution in [1.29, 1.82) is 0 Å². The lowest BCUT2D eigenvalue weighted by atomic mass is 10.2. The second-order valence-corrected chi connectivity index (χ2v) is 7.04. The fourth-order valence-corrected chi connectivity index (χ4v) is 3.44. The monoisotopic (exact) mass is 370 g/mol. The van der Waals surface area contributed by atoms with Gasteiger partial charge in [0.25, 0.3) is 10.0 Å². The molecule has 0 spiro atoms. The minimum absolute atomic E-state index is 0.0403. The fourth-order valence-electron chi connectivity index (χ4n) is 1.81. The number of hydrogen-bond donors (Lipinski definition) is 2. The van der Waals surface area contributed by atoms with Crippen molar-refractivity contribution in [1.82, 2.24) is 0 Å². The van der Waals surface area contributed by atoms with E-state index in [9.17, 15) is 8.42 Å². The third-order valence-corrected chi connectivity index (χ3v) is 4.82. The van der Waals surface area contributed by atoms with Gasteiger partial charge in [0.05, 0.1) is 12.8 Å². The van der Waals surface area contributed by atoms with Crippen molar-refractivity contribution in [2.75, 3.05) is 17.6 Å². The van der Waals surface area contributed by atoms with Crippen LogP contribution in [0.25, 0.3) is 0 Å². The van der Waals surface area contributed by atoms with Gasteiger partial charge in [-0.2, -0.15) is 0 Å². The first kappa shape index (κ1) is 15.7. The maximum absolute atomic E-state index is 12.5. The number of nitrogen functional groups attached to an aromatic ring is 1. The molecular formula is C14H15BrN2O3S. The van der Waals surface area contributed by atoms with Gasteiger partial charge in [0.2, 0.25) is 0 Å². The Kier molecular flexibility index (Phi) is 4.43. The minimum Gasteiger partial charge on any atom is -0.495 e. The van der Waals surface area contributed by atoms with E-state index in [0.717, 1.165) is 10.0 Å². The molecule has 0 unspecified atom stereocenters. The molecule has 7 heteroatoms. The van der Waals surface area contributed by atoms with Crippen molar-refractivity contribution in [3.8, 4) is 5.75 Å². The fraction of sp³-hybridized carbons (Fsp3) is 0.143. The molecule has 0 fully saturated rings. The highest BCUT2D eigenvalue weighted by Crippen LogP contribution is 2.29. The molecule has 0 aliphatic rings. The van der Waals surface area contributed by atoms with Gasteiger partial charge in [-0.25, -0.2) is 8.42 Å². The summed E-state index contributed by atoms with van der Waals surface area (Å²) >= 11 is 3.32. The highest BCUT2D eigenvalue weighted by atomic mass is 79.9. The molecule has 0 aliphatic carbocycles. The molecule has 112 valence electrons. The molecule has 2 aromatic rings. The largest absolute Gasteiger partial charge is 0.495 e. The number of benzene rings is 2. The SMILES string of the molecule is COc1cc(N)ccc1S(=O)(=O)Nc1cc(Br)ccc1C. The predicted molar refractivity (Wildman–Crippen MR) is 87.1 cm³/mol. The highest BCUT2D eigenvalue weighted by molar-refractivity contribution is 9.10. The van der Waals surface area contributed by atoms with Crippen molar-refractivity contribution in [2.45, 2.75) is 11.8 Å². The molecule has 0 aliphatic heterocycles. The first-order valence-electron chi connectivity index (χ1n) is 6.06. The Hall–Kier alpha value is -1.73. The van der Waals surface area contributed by atoms with Gasteiger partial charge in [-0.1, -0.05) is 22.0 Å². The average molecular weight is 371 g/mol. The quantitative estimate of drug-likeness (QED) is 0.809. The van der Waals surface area contributed by atoms with Crippen LogP contribution in [0.15, 0.2) is 45.8 Å². The van der Waals surface area contributed by atoms with Gasteiger partial charge in [0.15, 0.2) is 0 Å². The van der Waals surface area contributed by atoms with Crippen LogP contribution in [0.2, 0.25) is 0 Å². The Labute approximate surface area is 132 Å². The van der Waals surface area contributed by atoms with Crippen LogP contribution in [-0.2, 0) is 10.0 Å². The lowest BCUT2D eigenvalue weighted by molar-refractivity contribution is 0.403. The number of halogens is 1. The number of nitrogens with two attached hydrogens (primary N) is 1. The first-order valence-corrected chi connectivity index (χ1v) is 8.33. The molecule has 3 N–H and O–H groups in total. The third-order valence-electron chi connectivity index (χ3n) is 2.92. The molecule has 0 saturated heterocycles. The second kappa shape index (κ2) is 5.95. The zero-order valence-electron chi connectivity index (χ0n) is 11.6. The number of ether oxygens (including phenoxy) is 1. The summed E-state index contributed by atoms with van der Waals surface area (Å²) in [5.74, 6) is 0.204. The number of methoxy groups -OCH3 is 1. The van der Waals surface area contributed by atoms with Gasteiger partial charge in [-0.15, -0.1) is 0 Å². The molecule has 0 atom stereocenters. The third kappa shape index (κ3) is 3.48. The van der Waals surface area contributed by atoms with E-state index in [0.29, 0.717) is 11.4 Å². The molecule has 0 heterocycles. The van der Waals surface area contributed by atoms with E-state index >= 15 is 0 Å². The van der Waals surface area contributed by atoms with Crippen molar-refractivity contribution in [3.05, 3.63) is 46.4 Å². The second-order valence-electron chi connectivity index (χ2n) is 4.48. The Bertz CT molecular complexity index is 776. The molecule has 0 aromatic heterocycles. The van der Waals surface area contributed by atoms with Crippen LogP contribution in [0.4, 0.5) is 11.4 Å². The van der Waals surface area contributed by atoms with Gasteiger partial charge in [0.1, 0.15) is 10.6 Å². The van der Waals surface area contributed by atoms with E-state index < -0.39 is 10.0 Å². The van der Waals surface area contributed by atoms with Gasteiger partial charge >= 0.3 is 0 Å². The van der Waals surface area contributed by atoms with E-state index in [1.807, 2.05) is 19.1 Å². The molecule has 0 amide bonds. The summed E-state index contributed by atoms with van der Waals surface area (Å²) in [6, 6.07) is 9.78. The summed E-state index contributed by atoms with van der Waals surface area (Å²) in [6.07, 6.45) is 0. The van der Waals surface area contributed by atoms with Crippen molar-refractivity contribution >= 4 is 37.3 Å². The van der Waals surface area contributed by atoms with Crippen molar-refractivity contribution < 1.29 is 13.2 Å². The number of aryl methyl sites for hydroxylation is 1. The summed E-state index contributed by atoms with van der Waals surface area (Å²) in [6.45, 7) is 1.82. The van der Waals surface area contributed by atoms with E-state index in [-0.39, 0.29) is 10.6 Å². The van der Waals surface area contributed by atoms with Crippen LogP contribution in [-0.4, -0.2) is 15.5 Å². The zero-order chi connectivity index (χ0) is 15.6. The summed E-state index contributed by atoms with van der Waals surface area (Å²) in [4.78, 5) is 0.0403. The van der Waals surface area contributed by atoms with Crippen LogP contribution < -0.4 is 15.2 Å². The number of hydrogen-bond acceptors (Lipinski definition) is 4. The number of nitrogens with one attached hydrogen (secondary N) is 1. The standard InChI is InChI=1S/C14H15BrN2O3S/c1-9-3-4-10(15)7-12(9)17-21(18,19)14-6-5-11(16)8-13(14)20-2/h3-8,17H,16H2,1-2H3. The molecular weight excluding hydrogens is 356 g/mol. The molecule has 2 rings (SSSR count). The number of rotatable bonds is 4. The van der Waals surface area contributed by atoms with Gasteiger partial charge in [-0.05, 0) is 36.8 Å². The summed E-state index contributed by atoms with van der Waals surface area (Å²) < 4.78 is 33.5. The van der Waals surface area contributed by atoms with Gasteiger partial charge in [0, 0.05) is 16.2 Å². The van der Waals surface area contributed by atoms with Crippen LogP contribution in [0.5, 0.6) is 5.75 Å². The number of sulfonamides is 1. The number of anilines is 2. The average Bonchev–Trinajstić information content (AvgIpc) is 2.42. The normalized spacial score (nSPS) is 11.2. The highest BCUT2D eigenvalue weighted by Gasteiger charge is 2.20. The van der Waals surface area contributed by atoms with Gasteiger partial charge in [-0.3, -0.25) is 4.72 Å². The Morgan fingerprint density at radius 3 is 2.57 bits per heavy atom. The zero-order valence-corrected chi connectivity index (χ0v) is 14.0. The predicted octanol–water partition coefficient (Wildman–Crippen LogP) is 3.15. The molecule has 5 nitrogen and oxygen atoms in total. The van der Waals surface area contributed by atoms with E-state index in [1.165, 1.54) is 25.3 Å². The van der Waals surface area contributed by atoms with E-state index in [1.54, 1.807) is 6.07 Å². The maximum atomic E-state index is 12.5. The minimum atomic E-state index is -3.76. The lowest BCUT2D eigenvalue weighted by Gasteiger charge is -2.13. The molecule has 21 heavy (non-hydrogen) atoms. The molecule has 0 saturated carbocycles. The summed E-state index contributed by atoms with van der Waals surface area (Å²) in [7, 11) is -2.36. The molecule has 0 bridgehead atoms. The van der Waals surface area contributed by atoms with Crippen LogP contribution in [0, 0.1) is 6.92 Å². The van der Waals surface area contributed by atoms with E-state index in [4.69, 9.17) is 10.5 Å².